The number of hydrogen-bond donors (Lipinski definition) is 1. The lowest BCUT2D eigenvalue weighted by molar-refractivity contribution is 0.102. The van der Waals surface area contributed by atoms with Crippen molar-refractivity contribution < 1.29 is 4.79 Å². The van der Waals surface area contributed by atoms with Gasteiger partial charge in [0.05, 0.1) is 11.9 Å². The highest BCUT2D eigenvalue weighted by Gasteiger charge is 2.23. The van der Waals surface area contributed by atoms with Crippen LogP contribution in [0.5, 0.6) is 0 Å². The minimum absolute atomic E-state index is 0.220. The lowest BCUT2D eigenvalue weighted by Crippen LogP contribution is -2.41. The molecular weight excluding hydrogens is 398 g/mol. The van der Waals surface area contributed by atoms with Gasteiger partial charge in [0.25, 0.3) is 5.91 Å². The average Bonchev–Trinajstić information content (AvgIpc) is 2.78. The second-order valence-corrected chi connectivity index (χ2v) is 8.49. The number of aromatic nitrogens is 3. The molecule has 32 heavy (non-hydrogen) atoms. The summed E-state index contributed by atoms with van der Waals surface area (Å²) >= 11 is 0. The molecule has 0 unspecified atom stereocenters. The molecule has 1 N–H and O–H groups in total. The smallest absolute Gasteiger partial charge is 0.274 e. The van der Waals surface area contributed by atoms with Crippen molar-refractivity contribution in [2.24, 2.45) is 0 Å². The van der Waals surface area contributed by atoms with Gasteiger partial charge in [-0.1, -0.05) is 19.4 Å². The topological polar surface area (TPSA) is 71.0 Å². The molecular formula is C26H31N5O. The molecule has 3 aromatic rings. The van der Waals surface area contributed by atoms with Crippen LogP contribution in [0.15, 0.2) is 55.1 Å². The van der Waals surface area contributed by atoms with Gasteiger partial charge < -0.3 is 10.2 Å². The van der Waals surface area contributed by atoms with Gasteiger partial charge in [-0.3, -0.25) is 19.7 Å². The first-order valence-electron chi connectivity index (χ1n) is 11.5. The number of anilines is 1. The van der Waals surface area contributed by atoms with E-state index >= 15 is 0 Å². The van der Waals surface area contributed by atoms with E-state index in [1.165, 1.54) is 43.4 Å². The SMILES string of the molecule is CCCN(CCc1ccc(NC(=O)c2ccc(-c3cnccn3)cn2)cc1C)C1CCC1. The lowest BCUT2D eigenvalue weighted by atomic mass is 9.91. The van der Waals surface area contributed by atoms with Crippen LogP contribution in [-0.4, -0.2) is 44.9 Å². The summed E-state index contributed by atoms with van der Waals surface area (Å²) in [5, 5.41) is 2.97. The number of benzene rings is 1. The van der Waals surface area contributed by atoms with Crippen LogP contribution in [0, 0.1) is 6.92 Å². The first kappa shape index (κ1) is 22.1. The molecule has 1 aromatic carbocycles. The van der Waals surface area contributed by atoms with Crippen LogP contribution >= 0.6 is 0 Å². The molecule has 0 atom stereocenters. The van der Waals surface area contributed by atoms with Crippen LogP contribution in [0.2, 0.25) is 0 Å². The normalized spacial score (nSPS) is 13.7. The molecule has 1 saturated carbocycles. The van der Waals surface area contributed by atoms with Crippen molar-refractivity contribution in [2.45, 2.75) is 52.0 Å². The van der Waals surface area contributed by atoms with E-state index < -0.39 is 0 Å². The molecule has 0 radical (unpaired) electrons. The largest absolute Gasteiger partial charge is 0.321 e. The van der Waals surface area contributed by atoms with E-state index in [1.807, 2.05) is 12.1 Å². The zero-order valence-electron chi connectivity index (χ0n) is 18.9. The van der Waals surface area contributed by atoms with Gasteiger partial charge in [0, 0.05) is 42.4 Å². The summed E-state index contributed by atoms with van der Waals surface area (Å²) in [5.74, 6) is -0.220. The number of nitrogens with zero attached hydrogens (tertiary/aromatic N) is 4. The fraction of sp³-hybridized carbons (Fsp3) is 0.385. The Hall–Kier alpha value is -3.12. The van der Waals surface area contributed by atoms with E-state index in [0.717, 1.165) is 36.0 Å². The quantitative estimate of drug-likeness (QED) is 0.523. The summed E-state index contributed by atoms with van der Waals surface area (Å²) in [7, 11) is 0. The number of carbonyl (C=O) groups is 1. The average molecular weight is 430 g/mol. The van der Waals surface area contributed by atoms with E-state index in [4.69, 9.17) is 0 Å². The summed E-state index contributed by atoms with van der Waals surface area (Å²) in [4.78, 5) is 27.9. The number of rotatable bonds is 9. The fourth-order valence-electron chi connectivity index (χ4n) is 4.16. The minimum atomic E-state index is -0.220. The molecule has 0 spiro atoms. The van der Waals surface area contributed by atoms with Crippen LogP contribution < -0.4 is 5.32 Å². The Balaban J connectivity index is 1.36. The van der Waals surface area contributed by atoms with Crippen molar-refractivity contribution in [1.29, 1.82) is 0 Å². The van der Waals surface area contributed by atoms with Crippen molar-refractivity contribution in [3.05, 3.63) is 71.9 Å². The molecule has 1 fully saturated rings. The Bertz CT molecular complexity index is 1030. The van der Waals surface area contributed by atoms with Crippen LogP contribution in [0.1, 0.15) is 54.2 Å². The molecule has 2 heterocycles. The molecule has 1 amide bonds. The van der Waals surface area contributed by atoms with E-state index in [1.54, 1.807) is 30.9 Å². The van der Waals surface area contributed by atoms with E-state index in [0.29, 0.717) is 5.69 Å². The first-order valence-corrected chi connectivity index (χ1v) is 11.5. The third-order valence-electron chi connectivity index (χ3n) is 6.23. The van der Waals surface area contributed by atoms with Crippen molar-refractivity contribution in [3.63, 3.8) is 0 Å². The Morgan fingerprint density at radius 1 is 1.09 bits per heavy atom. The second-order valence-electron chi connectivity index (χ2n) is 8.49. The maximum Gasteiger partial charge on any atom is 0.274 e. The summed E-state index contributed by atoms with van der Waals surface area (Å²) in [6.07, 6.45) is 12.9. The zero-order valence-corrected chi connectivity index (χ0v) is 18.9. The predicted octanol–water partition coefficient (Wildman–Crippen LogP) is 4.91. The van der Waals surface area contributed by atoms with E-state index in [9.17, 15) is 4.79 Å². The highest BCUT2D eigenvalue weighted by atomic mass is 16.1. The third-order valence-corrected chi connectivity index (χ3v) is 6.23. The van der Waals surface area contributed by atoms with Gasteiger partial charge in [-0.2, -0.15) is 0 Å². The van der Waals surface area contributed by atoms with Gasteiger partial charge >= 0.3 is 0 Å². The minimum Gasteiger partial charge on any atom is -0.321 e. The Morgan fingerprint density at radius 2 is 1.97 bits per heavy atom. The number of pyridine rings is 1. The summed E-state index contributed by atoms with van der Waals surface area (Å²) in [5.41, 5.74) is 5.27. The Labute approximate surface area is 190 Å². The predicted molar refractivity (Wildman–Crippen MR) is 128 cm³/mol. The number of amides is 1. The number of carbonyl (C=O) groups excluding carboxylic acids is 1. The van der Waals surface area contributed by atoms with Crippen molar-refractivity contribution in [1.82, 2.24) is 19.9 Å². The monoisotopic (exact) mass is 429 g/mol. The molecule has 1 aliphatic carbocycles. The molecule has 1 aliphatic rings. The van der Waals surface area contributed by atoms with Crippen molar-refractivity contribution in [3.8, 4) is 11.3 Å². The number of hydrogen-bond acceptors (Lipinski definition) is 5. The third kappa shape index (κ3) is 5.37. The van der Waals surface area contributed by atoms with E-state index in [2.05, 4.69) is 51.1 Å². The van der Waals surface area contributed by atoms with Crippen molar-refractivity contribution >= 4 is 11.6 Å². The van der Waals surface area contributed by atoms with Crippen LogP contribution in [0.3, 0.4) is 0 Å². The lowest BCUT2D eigenvalue weighted by Gasteiger charge is -2.37. The van der Waals surface area contributed by atoms with Crippen LogP contribution in [0.4, 0.5) is 5.69 Å². The van der Waals surface area contributed by atoms with Crippen LogP contribution in [-0.2, 0) is 6.42 Å². The van der Waals surface area contributed by atoms with Crippen molar-refractivity contribution in [2.75, 3.05) is 18.4 Å². The first-order chi connectivity index (χ1) is 15.6. The number of aryl methyl sites for hydroxylation is 1. The molecule has 6 heteroatoms. The molecule has 2 aromatic heterocycles. The maximum atomic E-state index is 12.7. The zero-order chi connectivity index (χ0) is 22.3. The second kappa shape index (κ2) is 10.5. The number of nitrogens with one attached hydrogen (secondary N) is 1. The molecule has 4 rings (SSSR count). The van der Waals surface area contributed by atoms with Gasteiger partial charge in [0.2, 0.25) is 0 Å². The molecule has 6 nitrogen and oxygen atoms in total. The molecule has 166 valence electrons. The van der Waals surface area contributed by atoms with E-state index in [-0.39, 0.29) is 5.91 Å². The van der Waals surface area contributed by atoms with Gasteiger partial charge in [-0.15, -0.1) is 0 Å². The Morgan fingerprint density at radius 3 is 2.59 bits per heavy atom. The maximum absolute atomic E-state index is 12.7. The van der Waals surface area contributed by atoms with Gasteiger partial charge in [-0.05, 0) is 74.5 Å². The fourth-order valence-corrected chi connectivity index (χ4v) is 4.16. The summed E-state index contributed by atoms with van der Waals surface area (Å²) in [6, 6.07) is 10.5. The molecule has 0 saturated heterocycles. The van der Waals surface area contributed by atoms with Gasteiger partial charge in [-0.25, -0.2) is 0 Å². The van der Waals surface area contributed by atoms with Crippen LogP contribution in [0.25, 0.3) is 11.3 Å². The highest BCUT2D eigenvalue weighted by Crippen LogP contribution is 2.25. The highest BCUT2D eigenvalue weighted by molar-refractivity contribution is 6.03. The van der Waals surface area contributed by atoms with Gasteiger partial charge in [0.1, 0.15) is 5.69 Å². The Kier molecular flexibility index (Phi) is 7.22. The standard InChI is InChI=1S/C26H31N5O/c1-3-14-31(23-5-4-6-23)15-11-20-7-9-22(16-19(20)2)30-26(32)24-10-8-21(17-29-24)25-18-27-12-13-28-25/h7-10,12-13,16-18,23H,3-6,11,14-15H2,1-2H3,(H,30,32). The molecule has 0 bridgehead atoms. The van der Waals surface area contributed by atoms with Gasteiger partial charge in [0.15, 0.2) is 0 Å². The summed E-state index contributed by atoms with van der Waals surface area (Å²) < 4.78 is 0. The summed E-state index contributed by atoms with van der Waals surface area (Å²) in [6.45, 7) is 6.66. The molecule has 0 aliphatic heterocycles.